The minimum absolute atomic E-state index is 0.0292. The summed E-state index contributed by atoms with van der Waals surface area (Å²) in [6.45, 7) is 0.695. The van der Waals surface area contributed by atoms with E-state index < -0.39 is 23.0 Å². The van der Waals surface area contributed by atoms with Crippen LogP contribution in [0.4, 0.5) is 10.5 Å². The summed E-state index contributed by atoms with van der Waals surface area (Å²) in [7, 11) is 0. The van der Waals surface area contributed by atoms with Crippen LogP contribution >= 0.6 is 0 Å². The van der Waals surface area contributed by atoms with Gasteiger partial charge in [-0.2, -0.15) is 0 Å². The number of carbonyl (C=O) groups is 3. The zero-order valence-corrected chi connectivity index (χ0v) is 15.6. The molecular formula is C22H20N4O3. The molecule has 4 amide bonds. The molecular weight excluding hydrogens is 368 g/mol. The number of fused-ring (bicyclic) bond motifs is 5. The third kappa shape index (κ3) is 1.75. The minimum Gasteiger partial charge on any atom is -0.324 e. The molecule has 3 fully saturated rings. The van der Waals surface area contributed by atoms with Crippen molar-refractivity contribution in [2.75, 3.05) is 11.9 Å². The van der Waals surface area contributed by atoms with E-state index >= 15 is 0 Å². The number of imide groups is 1. The number of benzene rings is 2. The Bertz CT molecular complexity index is 1070. The fourth-order valence-corrected chi connectivity index (χ4v) is 6.29. The maximum atomic E-state index is 13.7. The average Bonchev–Trinajstić information content (AvgIpc) is 3.42. The van der Waals surface area contributed by atoms with Gasteiger partial charge in [0.15, 0.2) is 11.1 Å². The first-order chi connectivity index (χ1) is 14.1. The zero-order valence-electron chi connectivity index (χ0n) is 15.6. The lowest BCUT2D eigenvalue weighted by atomic mass is 9.65. The van der Waals surface area contributed by atoms with Crippen molar-refractivity contribution in [1.29, 1.82) is 0 Å². The molecule has 2 aromatic rings. The highest BCUT2D eigenvalue weighted by Gasteiger charge is 2.80. The number of nitrogens with zero attached hydrogens (tertiary/aromatic N) is 1. The van der Waals surface area contributed by atoms with E-state index in [9.17, 15) is 14.4 Å². The van der Waals surface area contributed by atoms with Gasteiger partial charge in [0, 0.05) is 23.2 Å². The fourth-order valence-electron chi connectivity index (χ4n) is 6.29. The molecule has 146 valence electrons. The molecule has 1 unspecified atom stereocenters. The van der Waals surface area contributed by atoms with Crippen molar-refractivity contribution >= 4 is 23.5 Å². The molecule has 0 bridgehead atoms. The Morgan fingerprint density at radius 2 is 1.66 bits per heavy atom. The van der Waals surface area contributed by atoms with Gasteiger partial charge in [-0.3, -0.25) is 19.8 Å². The number of anilines is 1. The van der Waals surface area contributed by atoms with Crippen LogP contribution in [0, 0.1) is 0 Å². The maximum Gasteiger partial charge on any atom is 0.322 e. The second-order valence-corrected chi connectivity index (χ2v) is 8.22. The molecule has 7 nitrogen and oxygen atoms in total. The zero-order chi connectivity index (χ0) is 19.8. The summed E-state index contributed by atoms with van der Waals surface area (Å²) < 4.78 is 0. The number of hydrogen-bond acceptors (Lipinski definition) is 4. The molecule has 7 heteroatoms. The molecule has 0 saturated carbocycles. The van der Waals surface area contributed by atoms with E-state index in [1.165, 1.54) is 0 Å². The molecule has 3 N–H and O–H groups in total. The van der Waals surface area contributed by atoms with Crippen molar-refractivity contribution in [2.45, 2.75) is 35.9 Å². The Balaban J connectivity index is 1.71. The van der Waals surface area contributed by atoms with Gasteiger partial charge in [0.1, 0.15) is 0 Å². The molecule has 3 saturated heterocycles. The number of urea groups is 1. The molecule has 29 heavy (non-hydrogen) atoms. The van der Waals surface area contributed by atoms with Crippen LogP contribution in [0.1, 0.15) is 29.9 Å². The largest absolute Gasteiger partial charge is 0.324 e. The predicted molar refractivity (Wildman–Crippen MR) is 105 cm³/mol. The first-order valence-corrected chi connectivity index (χ1v) is 9.97. The summed E-state index contributed by atoms with van der Waals surface area (Å²) in [6.07, 6.45) is 1.80. The molecule has 0 aliphatic carbocycles. The Labute approximate surface area is 167 Å². The molecule has 0 radical (unpaired) electrons. The van der Waals surface area contributed by atoms with Gasteiger partial charge in [0.2, 0.25) is 0 Å². The van der Waals surface area contributed by atoms with Crippen LogP contribution in [-0.2, 0) is 15.1 Å². The van der Waals surface area contributed by atoms with Gasteiger partial charge in [-0.1, -0.05) is 48.5 Å². The SMILES string of the molecule is O=C1NC(=O)[C@@]2(N1)C(c1ccccc1)[C@H]1CCCN1[C@]21C(=O)Nc2ccccc21. The highest BCUT2D eigenvalue weighted by molar-refractivity contribution is 6.18. The van der Waals surface area contributed by atoms with E-state index in [0.29, 0.717) is 12.2 Å². The fraction of sp³-hybridized carbons (Fsp3) is 0.318. The second kappa shape index (κ2) is 5.45. The van der Waals surface area contributed by atoms with Crippen LogP contribution in [0.25, 0.3) is 0 Å². The third-order valence-electron chi connectivity index (χ3n) is 7.10. The summed E-state index contributed by atoms with van der Waals surface area (Å²) >= 11 is 0. The van der Waals surface area contributed by atoms with Gasteiger partial charge in [-0.05, 0) is 31.0 Å². The Kier molecular flexibility index (Phi) is 3.14. The van der Waals surface area contributed by atoms with Crippen LogP contribution in [0.5, 0.6) is 0 Å². The van der Waals surface area contributed by atoms with E-state index in [1.54, 1.807) is 0 Å². The van der Waals surface area contributed by atoms with E-state index in [1.807, 2.05) is 54.6 Å². The van der Waals surface area contributed by atoms with Crippen molar-refractivity contribution in [3.05, 3.63) is 65.7 Å². The van der Waals surface area contributed by atoms with Crippen molar-refractivity contribution in [1.82, 2.24) is 15.5 Å². The Hall–Kier alpha value is -3.19. The van der Waals surface area contributed by atoms with Gasteiger partial charge < -0.3 is 10.6 Å². The van der Waals surface area contributed by atoms with Crippen LogP contribution in [0.2, 0.25) is 0 Å². The second-order valence-electron chi connectivity index (χ2n) is 8.22. The molecule has 2 spiro atoms. The van der Waals surface area contributed by atoms with Crippen LogP contribution < -0.4 is 16.0 Å². The molecule has 4 heterocycles. The van der Waals surface area contributed by atoms with Crippen LogP contribution in [0.15, 0.2) is 54.6 Å². The van der Waals surface area contributed by atoms with E-state index in [2.05, 4.69) is 20.9 Å². The topological polar surface area (TPSA) is 90.5 Å². The highest BCUT2D eigenvalue weighted by atomic mass is 16.2. The van der Waals surface area contributed by atoms with E-state index in [-0.39, 0.29) is 17.9 Å². The van der Waals surface area contributed by atoms with Crippen LogP contribution in [0.3, 0.4) is 0 Å². The summed E-state index contributed by atoms with van der Waals surface area (Å²) in [5.41, 5.74) is -0.275. The predicted octanol–water partition coefficient (Wildman–Crippen LogP) is 1.67. The molecule has 4 atom stereocenters. The quantitative estimate of drug-likeness (QED) is 0.649. The summed E-state index contributed by atoms with van der Waals surface area (Å²) in [4.78, 5) is 41.9. The van der Waals surface area contributed by atoms with Gasteiger partial charge in [-0.15, -0.1) is 0 Å². The first-order valence-electron chi connectivity index (χ1n) is 9.97. The molecule has 6 rings (SSSR count). The van der Waals surface area contributed by atoms with Crippen molar-refractivity contribution in [3.63, 3.8) is 0 Å². The van der Waals surface area contributed by atoms with Gasteiger partial charge >= 0.3 is 6.03 Å². The number of rotatable bonds is 1. The van der Waals surface area contributed by atoms with Gasteiger partial charge in [-0.25, -0.2) is 4.79 Å². The van der Waals surface area contributed by atoms with Crippen molar-refractivity contribution in [2.24, 2.45) is 0 Å². The number of nitrogens with one attached hydrogen (secondary N) is 3. The lowest BCUT2D eigenvalue weighted by Crippen LogP contribution is -2.68. The lowest BCUT2D eigenvalue weighted by molar-refractivity contribution is -0.138. The number of carbonyl (C=O) groups excluding carboxylic acids is 3. The number of para-hydroxylation sites is 1. The molecule has 4 aliphatic rings. The molecule has 4 aliphatic heterocycles. The Morgan fingerprint density at radius 1 is 0.897 bits per heavy atom. The van der Waals surface area contributed by atoms with E-state index in [0.717, 1.165) is 24.0 Å². The summed E-state index contributed by atoms with van der Waals surface area (Å²) in [5.74, 6) is -1.02. The average molecular weight is 388 g/mol. The van der Waals surface area contributed by atoms with Crippen LogP contribution in [-0.4, -0.2) is 40.9 Å². The Morgan fingerprint density at radius 3 is 2.41 bits per heavy atom. The third-order valence-corrected chi connectivity index (χ3v) is 7.10. The van der Waals surface area contributed by atoms with Crippen molar-refractivity contribution in [3.8, 4) is 0 Å². The molecule has 2 aromatic carbocycles. The summed E-state index contributed by atoms with van der Waals surface area (Å²) in [6, 6.07) is 16.7. The minimum atomic E-state index is -1.41. The number of amides is 4. The maximum absolute atomic E-state index is 13.7. The van der Waals surface area contributed by atoms with Crippen molar-refractivity contribution < 1.29 is 14.4 Å². The summed E-state index contributed by atoms with van der Waals surface area (Å²) in [5, 5.41) is 8.39. The normalized spacial score (nSPS) is 35.0. The smallest absolute Gasteiger partial charge is 0.322 e. The number of hydrogen-bond donors (Lipinski definition) is 3. The first kappa shape index (κ1) is 16.7. The van der Waals surface area contributed by atoms with E-state index in [4.69, 9.17) is 0 Å². The van der Waals surface area contributed by atoms with Gasteiger partial charge in [0.25, 0.3) is 11.8 Å². The highest BCUT2D eigenvalue weighted by Crippen LogP contribution is 2.62. The lowest BCUT2D eigenvalue weighted by Gasteiger charge is -2.42. The van der Waals surface area contributed by atoms with Gasteiger partial charge in [0.05, 0.1) is 0 Å². The molecule has 0 aromatic heterocycles. The standard InChI is InChI=1S/C22H20N4O3/c27-18-21(25-20(29)24-18)17(13-7-2-1-3-8-13)16-11-6-12-26(16)22(21)14-9-4-5-10-15(14)23-19(22)28/h1-5,7-10,16-17H,6,11-12H2,(H,23,28)(H2,24,25,27,29)/t16-,17?,21+,22-/m1/s1. The monoisotopic (exact) mass is 388 g/mol.